The number of ether oxygens (including phenoxy) is 1. The van der Waals surface area contributed by atoms with E-state index in [0.29, 0.717) is 6.42 Å². The van der Waals surface area contributed by atoms with E-state index in [1.54, 1.807) is 0 Å². The van der Waals surface area contributed by atoms with Gasteiger partial charge in [0.05, 0.1) is 0 Å². The summed E-state index contributed by atoms with van der Waals surface area (Å²) >= 11 is 4.65. The second kappa shape index (κ2) is 5.38. The summed E-state index contributed by atoms with van der Waals surface area (Å²) in [4.78, 5) is 0. The average Bonchev–Trinajstić information content (AvgIpc) is 1.88. The minimum absolute atomic E-state index is 0.251. The van der Waals surface area contributed by atoms with Crippen LogP contribution in [0.25, 0.3) is 0 Å². The van der Waals surface area contributed by atoms with Crippen molar-refractivity contribution in [1.82, 2.24) is 0 Å². The number of rotatable bonds is 4. The Morgan fingerprint density at radius 1 is 1.90 bits per heavy atom. The highest BCUT2D eigenvalue weighted by Gasteiger charge is 2.02. The maximum atomic E-state index is 8.99. The summed E-state index contributed by atoms with van der Waals surface area (Å²) in [5.41, 5.74) is 0. The summed E-state index contributed by atoms with van der Waals surface area (Å²) in [5, 5.41) is 9.24. The summed E-state index contributed by atoms with van der Waals surface area (Å²) in [5.74, 6) is 0. The quantitative estimate of drug-likeness (QED) is 0.385. The predicted octanol–water partition coefficient (Wildman–Crippen LogP) is 1.63. The fourth-order valence-corrected chi connectivity index (χ4v) is 0.599. The highest BCUT2D eigenvalue weighted by Crippen LogP contribution is 1.99. The summed E-state index contributed by atoms with van der Waals surface area (Å²) in [6.45, 7) is 5.36. The molecule has 58 valence electrons. The molecule has 0 saturated heterocycles. The van der Waals surface area contributed by atoms with Gasteiger partial charge in [0.15, 0.2) is 11.3 Å². The Morgan fingerprint density at radius 2 is 2.50 bits per heavy atom. The van der Waals surface area contributed by atoms with Crippen LogP contribution in [0.4, 0.5) is 0 Å². The molecule has 0 aliphatic rings. The molecular formula is C7H12O2S. The van der Waals surface area contributed by atoms with E-state index in [0.717, 1.165) is 6.42 Å². The topological polar surface area (TPSA) is 29.5 Å². The van der Waals surface area contributed by atoms with Crippen LogP contribution < -0.4 is 0 Å². The first-order valence-electron chi connectivity index (χ1n) is 3.21. The van der Waals surface area contributed by atoms with Crippen molar-refractivity contribution < 1.29 is 9.84 Å². The van der Waals surface area contributed by atoms with Gasteiger partial charge in [0.2, 0.25) is 0 Å². The molecule has 0 heterocycles. The maximum absolute atomic E-state index is 8.99. The van der Waals surface area contributed by atoms with Gasteiger partial charge in [-0.15, -0.1) is 0 Å². The number of hydrogen-bond acceptors (Lipinski definition) is 3. The molecule has 0 spiro atoms. The van der Waals surface area contributed by atoms with Crippen LogP contribution in [0, 0.1) is 0 Å². The van der Waals surface area contributed by atoms with E-state index in [4.69, 9.17) is 9.84 Å². The van der Waals surface area contributed by atoms with Gasteiger partial charge in [0.25, 0.3) is 0 Å². The van der Waals surface area contributed by atoms with Crippen molar-refractivity contribution in [2.45, 2.75) is 26.1 Å². The zero-order valence-electron chi connectivity index (χ0n) is 6.04. The molecular weight excluding hydrogens is 148 g/mol. The Kier molecular flexibility index (Phi) is 5.16. The van der Waals surface area contributed by atoms with Crippen LogP contribution in [-0.4, -0.2) is 16.4 Å². The molecule has 2 nitrogen and oxygen atoms in total. The van der Waals surface area contributed by atoms with Crippen LogP contribution in [0.15, 0.2) is 12.7 Å². The van der Waals surface area contributed by atoms with Crippen LogP contribution in [0.5, 0.6) is 0 Å². The lowest BCUT2D eigenvalue weighted by molar-refractivity contribution is -0.0299. The van der Waals surface area contributed by atoms with E-state index < -0.39 is 6.29 Å². The molecule has 0 radical (unpaired) electrons. The Morgan fingerprint density at radius 3 is 2.90 bits per heavy atom. The normalized spacial score (nSPS) is 12.2. The molecule has 0 fully saturated rings. The molecule has 3 heteroatoms. The van der Waals surface area contributed by atoms with Gasteiger partial charge in [-0.05, 0) is 18.3 Å². The third-order valence-electron chi connectivity index (χ3n) is 0.954. The number of aliphatic hydroxyl groups excluding tert-OH is 1. The lowest BCUT2D eigenvalue weighted by atomic mass is 10.3. The van der Waals surface area contributed by atoms with Crippen molar-refractivity contribution in [2.75, 3.05) is 0 Å². The molecule has 0 amide bonds. The highest BCUT2D eigenvalue weighted by atomic mass is 32.1. The molecule has 0 aromatic rings. The lowest BCUT2D eigenvalue weighted by Gasteiger charge is -2.09. The van der Waals surface area contributed by atoms with Crippen LogP contribution in [0.3, 0.4) is 0 Å². The van der Waals surface area contributed by atoms with Crippen molar-refractivity contribution in [3.05, 3.63) is 12.7 Å². The molecule has 0 saturated carbocycles. The van der Waals surface area contributed by atoms with Crippen LogP contribution >= 0.6 is 12.2 Å². The molecule has 1 N–H and O–H groups in total. The SMILES string of the molecule is C=CC(=S)OC(O)CCC. The van der Waals surface area contributed by atoms with Crippen LogP contribution in [0.1, 0.15) is 19.8 Å². The van der Waals surface area contributed by atoms with E-state index in [1.165, 1.54) is 6.08 Å². The monoisotopic (exact) mass is 160 g/mol. The second-order valence-corrected chi connectivity index (χ2v) is 2.29. The number of hydrogen-bond donors (Lipinski definition) is 1. The zero-order valence-corrected chi connectivity index (χ0v) is 6.86. The minimum atomic E-state index is -0.768. The molecule has 1 atom stereocenters. The van der Waals surface area contributed by atoms with Gasteiger partial charge in [0.1, 0.15) is 0 Å². The maximum Gasteiger partial charge on any atom is 0.198 e. The minimum Gasteiger partial charge on any atom is -0.455 e. The Labute approximate surface area is 66.5 Å². The van der Waals surface area contributed by atoms with Crippen molar-refractivity contribution in [3.8, 4) is 0 Å². The number of aliphatic hydroxyl groups is 1. The number of thiocarbonyl (C=S) groups is 1. The summed E-state index contributed by atoms with van der Waals surface area (Å²) in [7, 11) is 0. The summed E-state index contributed by atoms with van der Waals surface area (Å²) in [6.07, 6.45) is 2.11. The molecule has 0 rings (SSSR count). The van der Waals surface area contributed by atoms with Gasteiger partial charge in [-0.2, -0.15) is 0 Å². The van der Waals surface area contributed by atoms with Crippen molar-refractivity contribution in [1.29, 1.82) is 0 Å². The van der Waals surface area contributed by atoms with E-state index >= 15 is 0 Å². The molecule has 0 aliphatic carbocycles. The Balaban J connectivity index is 3.46. The Bertz CT molecular complexity index is 123. The third-order valence-corrected chi connectivity index (χ3v) is 1.22. The van der Waals surface area contributed by atoms with Gasteiger partial charge in [-0.3, -0.25) is 0 Å². The fraction of sp³-hybridized carbons (Fsp3) is 0.571. The van der Waals surface area contributed by atoms with E-state index in [9.17, 15) is 0 Å². The molecule has 10 heavy (non-hydrogen) atoms. The van der Waals surface area contributed by atoms with Crippen molar-refractivity contribution >= 4 is 17.3 Å². The first kappa shape index (κ1) is 9.59. The Hall–Kier alpha value is -0.410. The van der Waals surface area contributed by atoms with E-state index in [2.05, 4.69) is 18.8 Å². The predicted molar refractivity (Wildman–Crippen MR) is 44.8 cm³/mol. The molecule has 0 aromatic heterocycles. The largest absolute Gasteiger partial charge is 0.455 e. The lowest BCUT2D eigenvalue weighted by Crippen LogP contribution is -2.13. The molecule has 1 unspecified atom stereocenters. The fourth-order valence-electron chi connectivity index (χ4n) is 0.488. The molecule has 0 aliphatic heterocycles. The standard InChI is InChI=1S/C7H12O2S/c1-3-5-6(8)9-7(10)4-2/h4,6,8H,2-3,5H2,1H3. The van der Waals surface area contributed by atoms with Gasteiger partial charge in [-0.1, -0.05) is 19.9 Å². The van der Waals surface area contributed by atoms with Crippen molar-refractivity contribution in [2.24, 2.45) is 0 Å². The first-order chi connectivity index (χ1) is 4.70. The summed E-state index contributed by atoms with van der Waals surface area (Å²) in [6, 6.07) is 0. The van der Waals surface area contributed by atoms with Crippen molar-refractivity contribution in [3.63, 3.8) is 0 Å². The van der Waals surface area contributed by atoms with E-state index in [-0.39, 0.29) is 5.05 Å². The van der Waals surface area contributed by atoms with Crippen LogP contribution in [-0.2, 0) is 4.74 Å². The van der Waals surface area contributed by atoms with Crippen LogP contribution in [0.2, 0.25) is 0 Å². The molecule has 0 aromatic carbocycles. The van der Waals surface area contributed by atoms with E-state index in [1.807, 2.05) is 6.92 Å². The zero-order chi connectivity index (χ0) is 7.98. The van der Waals surface area contributed by atoms with Gasteiger partial charge in [0, 0.05) is 6.42 Å². The van der Waals surface area contributed by atoms with Gasteiger partial charge >= 0.3 is 0 Å². The molecule has 0 bridgehead atoms. The third kappa shape index (κ3) is 4.47. The average molecular weight is 160 g/mol. The highest BCUT2D eigenvalue weighted by molar-refractivity contribution is 7.80. The summed E-state index contributed by atoms with van der Waals surface area (Å²) < 4.78 is 4.81. The first-order valence-corrected chi connectivity index (χ1v) is 3.62. The smallest absolute Gasteiger partial charge is 0.198 e. The van der Waals surface area contributed by atoms with Gasteiger partial charge < -0.3 is 9.84 Å². The second-order valence-electron chi connectivity index (χ2n) is 1.88. The van der Waals surface area contributed by atoms with Gasteiger partial charge in [-0.25, -0.2) is 0 Å².